The molecule has 9 heteroatoms. The van der Waals surface area contributed by atoms with Crippen molar-refractivity contribution >= 4 is 39.9 Å². The van der Waals surface area contributed by atoms with Crippen LogP contribution < -0.4 is 14.8 Å². The maximum Gasteiger partial charge on any atom is 0.313 e. The Kier molecular flexibility index (Phi) is 5.23. The fourth-order valence-electron chi connectivity index (χ4n) is 1.48. The molecule has 0 fully saturated rings. The van der Waals surface area contributed by atoms with E-state index in [1.165, 1.54) is 11.3 Å². The van der Waals surface area contributed by atoms with Crippen LogP contribution in [0.25, 0.3) is 0 Å². The Labute approximate surface area is 129 Å². The van der Waals surface area contributed by atoms with Crippen molar-refractivity contribution in [1.82, 2.24) is 10.2 Å². The molecule has 0 saturated heterocycles. The van der Waals surface area contributed by atoms with Crippen molar-refractivity contribution in [3.05, 3.63) is 18.2 Å². The second kappa shape index (κ2) is 7.14. The maximum absolute atomic E-state index is 10.5. The zero-order valence-electron chi connectivity index (χ0n) is 11.3. The summed E-state index contributed by atoms with van der Waals surface area (Å²) in [6.07, 6.45) is 0. The molecule has 112 valence electrons. The summed E-state index contributed by atoms with van der Waals surface area (Å²) in [5.74, 6) is 0.320. The Bertz CT molecular complexity index is 633. The highest BCUT2D eigenvalue weighted by Gasteiger charge is 2.09. The lowest BCUT2D eigenvalue weighted by atomic mass is 10.3. The molecule has 21 heavy (non-hydrogen) atoms. The predicted molar refractivity (Wildman–Crippen MR) is 81.1 cm³/mol. The van der Waals surface area contributed by atoms with Crippen molar-refractivity contribution in [2.75, 3.05) is 25.3 Å². The first kappa shape index (κ1) is 15.4. The number of carbonyl (C=O) groups is 1. The number of hydrogen-bond donors (Lipinski definition) is 2. The number of nitrogens with zero attached hydrogens (tertiary/aromatic N) is 2. The van der Waals surface area contributed by atoms with E-state index in [1.54, 1.807) is 26.4 Å². The van der Waals surface area contributed by atoms with Gasteiger partial charge in [0.2, 0.25) is 5.13 Å². The van der Waals surface area contributed by atoms with E-state index < -0.39 is 5.97 Å². The molecule has 0 bridgehead atoms. The minimum Gasteiger partial charge on any atom is -0.493 e. The predicted octanol–water partition coefficient (Wildman–Crippen LogP) is 2.48. The number of ether oxygens (including phenoxy) is 2. The molecule has 0 aliphatic heterocycles. The Balaban J connectivity index is 2.06. The van der Waals surface area contributed by atoms with Crippen LogP contribution in [0, 0.1) is 0 Å². The van der Waals surface area contributed by atoms with Crippen LogP contribution in [-0.2, 0) is 4.79 Å². The normalized spacial score (nSPS) is 10.2. The summed E-state index contributed by atoms with van der Waals surface area (Å²) in [6.45, 7) is 0. The number of aromatic nitrogens is 2. The first-order valence-electron chi connectivity index (χ1n) is 5.79. The van der Waals surface area contributed by atoms with E-state index in [0.717, 1.165) is 17.4 Å². The van der Waals surface area contributed by atoms with Crippen LogP contribution in [0.15, 0.2) is 22.5 Å². The van der Waals surface area contributed by atoms with E-state index in [9.17, 15) is 4.79 Å². The summed E-state index contributed by atoms with van der Waals surface area (Å²) in [5, 5.41) is 20.2. The van der Waals surface area contributed by atoms with Gasteiger partial charge in [-0.25, -0.2) is 0 Å². The quantitative estimate of drug-likeness (QED) is 0.749. The Morgan fingerprint density at radius 2 is 2.10 bits per heavy atom. The molecule has 0 radical (unpaired) electrons. The molecule has 0 saturated carbocycles. The summed E-state index contributed by atoms with van der Waals surface area (Å²) in [4.78, 5) is 10.5. The summed E-state index contributed by atoms with van der Waals surface area (Å²) in [6, 6.07) is 5.39. The van der Waals surface area contributed by atoms with Crippen molar-refractivity contribution in [3.63, 3.8) is 0 Å². The van der Waals surface area contributed by atoms with Crippen LogP contribution in [0.5, 0.6) is 11.5 Å². The van der Waals surface area contributed by atoms with E-state index >= 15 is 0 Å². The average Bonchev–Trinajstić information content (AvgIpc) is 2.92. The molecule has 0 amide bonds. The van der Waals surface area contributed by atoms with Crippen LogP contribution in [0.2, 0.25) is 0 Å². The van der Waals surface area contributed by atoms with E-state index in [4.69, 9.17) is 14.6 Å². The largest absolute Gasteiger partial charge is 0.493 e. The number of hydrogen-bond acceptors (Lipinski definition) is 8. The van der Waals surface area contributed by atoms with Gasteiger partial charge >= 0.3 is 5.97 Å². The number of benzene rings is 1. The SMILES string of the molecule is COc1ccc(Nc2nnc(SCC(=O)O)s2)cc1OC. The smallest absolute Gasteiger partial charge is 0.313 e. The Hall–Kier alpha value is -2.00. The third-order valence-corrected chi connectivity index (χ3v) is 4.32. The summed E-state index contributed by atoms with van der Waals surface area (Å²) < 4.78 is 11.0. The number of carboxylic acid groups (broad SMARTS) is 1. The van der Waals surface area contributed by atoms with Crippen LogP contribution in [0.4, 0.5) is 10.8 Å². The lowest BCUT2D eigenvalue weighted by Crippen LogP contribution is -1.96. The second-order valence-corrected chi connectivity index (χ2v) is 5.95. The van der Waals surface area contributed by atoms with Gasteiger partial charge in [-0.05, 0) is 12.1 Å². The summed E-state index contributed by atoms with van der Waals surface area (Å²) in [7, 11) is 3.13. The minimum atomic E-state index is -0.885. The lowest BCUT2D eigenvalue weighted by molar-refractivity contribution is -0.133. The van der Waals surface area contributed by atoms with Crippen LogP contribution in [0.1, 0.15) is 0 Å². The lowest BCUT2D eigenvalue weighted by Gasteiger charge is -2.09. The zero-order valence-corrected chi connectivity index (χ0v) is 13.0. The molecule has 1 aromatic heterocycles. The van der Waals surface area contributed by atoms with Gasteiger partial charge < -0.3 is 19.9 Å². The van der Waals surface area contributed by atoms with Gasteiger partial charge in [0.05, 0.1) is 20.0 Å². The molecule has 2 rings (SSSR count). The molecule has 0 unspecified atom stereocenters. The number of aliphatic carboxylic acids is 1. The van der Waals surface area contributed by atoms with E-state index in [2.05, 4.69) is 15.5 Å². The first-order chi connectivity index (χ1) is 10.1. The van der Waals surface area contributed by atoms with Gasteiger partial charge in [-0.2, -0.15) is 0 Å². The zero-order chi connectivity index (χ0) is 15.2. The molecule has 1 heterocycles. The highest BCUT2D eigenvalue weighted by Crippen LogP contribution is 2.32. The summed E-state index contributed by atoms with van der Waals surface area (Å²) >= 11 is 2.42. The molecule has 7 nitrogen and oxygen atoms in total. The van der Waals surface area contributed by atoms with Crippen molar-refractivity contribution in [3.8, 4) is 11.5 Å². The molecule has 2 N–H and O–H groups in total. The fourth-order valence-corrected chi connectivity index (χ4v) is 2.97. The maximum atomic E-state index is 10.5. The molecule has 0 aliphatic carbocycles. The van der Waals surface area contributed by atoms with E-state index in [1.807, 2.05) is 6.07 Å². The highest BCUT2D eigenvalue weighted by molar-refractivity contribution is 8.01. The molecule has 0 aliphatic rings. The number of carboxylic acids is 1. The van der Waals surface area contributed by atoms with Crippen molar-refractivity contribution in [1.29, 1.82) is 0 Å². The topological polar surface area (TPSA) is 93.6 Å². The number of nitrogens with one attached hydrogen (secondary N) is 1. The number of rotatable bonds is 7. The molecular formula is C12H13N3O4S2. The fraction of sp³-hybridized carbons (Fsp3) is 0.250. The Morgan fingerprint density at radius 3 is 2.76 bits per heavy atom. The third-order valence-electron chi connectivity index (χ3n) is 2.36. The van der Waals surface area contributed by atoms with Crippen LogP contribution in [-0.4, -0.2) is 41.2 Å². The monoisotopic (exact) mass is 327 g/mol. The van der Waals surface area contributed by atoms with Gasteiger partial charge in [0.1, 0.15) is 0 Å². The van der Waals surface area contributed by atoms with Crippen molar-refractivity contribution in [2.45, 2.75) is 4.34 Å². The molecule has 2 aromatic rings. The van der Waals surface area contributed by atoms with Gasteiger partial charge in [-0.15, -0.1) is 10.2 Å². The minimum absolute atomic E-state index is 0.0367. The molecule has 0 spiro atoms. The van der Waals surface area contributed by atoms with Gasteiger partial charge in [0.25, 0.3) is 0 Å². The van der Waals surface area contributed by atoms with Gasteiger partial charge in [0.15, 0.2) is 15.8 Å². The molecular weight excluding hydrogens is 314 g/mol. The number of anilines is 2. The van der Waals surface area contributed by atoms with Crippen LogP contribution in [0.3, 0.4) is 0 Å². The van der Waals surface area contributed by atoms with Crippen molar-refractivity contribution < 1.29 is 19.4 Å². The first-order valence-corrected chi connectivity index (χ1v) is 7.59. The van der Waals surface area contributed by atoms with Crippen LogP contribution >= 0.6 is 23.1 Å². The van der Waals surface area contributed by atoms with Gasteiger partial charge in [-0.1, -0.05) is 23.1 Å². The average molecular weight is 327 g/mol. The third kappa shape index (κ3) is 4.23. The van der Waals surface area contributed by atoms with Crippen molar-refractivity contribution in [2.24, 2.45) is 0 Å². The molecule has 1 aromatic carbocycles. The van der Waals surface area contributed by atoms with Gasteiger partial charge in [0, 0.05) is 11.8 Å². The van der Waals surface area contributed by atoms with Gasteiger partial charge in [-0.3, -0.25) is 4.79 Å². The van der Waals surface area contributed by atoms with E-state index in [-0.39, 0.29) is 5.75 Å². The second-order valence-electron chi connectivity index (χ2n) is 3.75. The summed E-state index contributed by atoms with van der Waals surface area (Å²) in [5.41, 5.74) is 0.776. The number of methoxy groups -OCH3 is 2. The van der Waals surface area contributed by atoms with E-state index in [0.29, 0.717) is 21.0 Å². The standard InChI is InChI=1S/C12H13N3O4S2/c1-18-8-4-3-7(5-9(8)19-2)13-11-14-15-12(21-11)20-6-10(16)17/h3-5H,6H2,1-2H3,(H,13,14)(H,16,17). The molecule has 0 atom stereocenters. The number of thioether (sulfide) groups is 1. The Morgan fingerprint density at radius 1 is 1.33 bits per heavy atom. The highest BCUT2D eigenvalue weighted by atomic mass is 32.2.